The number of nitrogens with one attached hydrogen (secondary N) is 1. The van der Waals surface area contributed by atoms with Gasteiger partial charge in [-0.2, -0.15) is 4.98 Å². The van der Waals surface area contributed by atoms with E-state index < -0.39 is 5.97 Å². The molecule has 6 heteroatoms. The molecular formula is C14H9ClN2O3. The lowest BCUT2D eigenvalue weighted by atomic mass is 10.2. The van der Waals surface area contributed by atoms with Crippen LogP contribution in [-0.4, -0.2) is 16.1 Å². The first-order valence-electron chi connectivity index (χ1n) is 5.79. The molecule has 0 saturated heterocycles. The highest BCUT2D eigenvalue weighted by atomic mass is 35.5. The van der Waals surface area contributed by atoms with Gasteiger partial charge in [0.2, 0.25) is 0 Å². The van der Waals surface area contributed by atoms with Gasteiger partial charge in [0.15, 0.2) is 5.58 Å². The Balaban J connectivity index is 1.99. The summed E-state index contributed by atoms with van der Waals surface area (Å²) in [5.41, 5.74) is 1.56. The van der Waals surface area contributed by atoms with Crippen LogP contribution in [0.3, 0.4) is 0 Å². The van der Waals surface area contributed by atoms with Crippen molar-refractivity contribution in [1.82, 2.24) is 4.98 Å². The first kappa shape index (κ1) is 12.5. The maximum atomic E-state index is 11.1. The quantitative estimate of drug-likeness (QED) is 0.764. The van der Waals surface area contributed by atoms with Crippen LogP contribution in [0, 0.1) is 0 Å². The zero-order chi connectivity index (χ0) is 14.1. The predicted molar refractivity (Wildman–Crippen MR) is 75.7 cm³/mol. The highest BCUT2D eigenvalue weighted by Gasteiger charge is 2.14. The molecule has 3 aromatic rings. The fourth-order valence-electron chi connectivity index (χ4n) is 1.83. The van der Waals surface area contributed by atoms with Gasteiger partial charge >= 0.3 is 5.97 Å². The van der Waals surface area contributed by atoms with Gasteiger partial charge in [-0.3, -0.25) is 0 Å². The molecule has 0 radical (unpaired) electrons. The zero-order valence-electron chi connectivity index (χ0n) is 10.1. The summed E-state index contributed by atoms with van der Waals surface area (Å²) in [5, 5.41) is 12.7. The van der Waals surface area contributed by atoms with E-state index >= 15 is 0 Å². The molecule has 0 aliphatic heterocycles. The molecule has 0 aliphatic carbocycles. The van der Waals surface area contributed by atoms with E-state index in [9.17, 15) is 4.79 Å². The normalized spacial score (nSPS) is 10.7. The second-order valence-corrected chi connectivity index (χ2v) is 4.55. The molecule has 0 saturated carbocycles. The number of rotatable bonds is 3. The first-order valence-corrected chi connectivity index (χ1v) is 6.17. The second-order valence-electron chi connectivity index (χ2n) is 4.11. The van der Waals surface area contributed by atoms with E-state index in [1.807, 2.05) is 0 Å². The van der Waals surface area contributed by atoms with Crippen molar-refractivity contribution in [1.29, 1.82) is 0 Å². The summed E-state index contributed by atoms with van der Waals surface area (Å²) in [5.74, 6) is -1.05. The fraction of sp³-hybridized carbons (Fsp3) is 0. The molecule has 5 nitrogen and oxygen atoms in total. The summed E-state index contributed by atoms with van der Waals surface area (Å²) in [6.45, 7) is 0. The summed E-state index contributed by atoms with van der Waals surface area (Å²) in [4.78, 5) is 15.3. The van der Waals surface area contributed by atoms with E-state index in [2.05, 4.69) is 10.3 Å². The number of para-hydroxylation sites is 1. The van der Waals surface area contributed by atoms with E-state index in [1.165, 1.54) is 6.07 Å². The van der Waals surface area contributed by atoms with Gasteiger partial charge in [-0.1, -0.05) is 17.7 Å². The molecule has 0 amide bonds. The first-order chi connectivity index (χ1) is 9.63. The molecule has 0 bridgehead atoms. The number of nitrogens with zero attached hydrogens (tertiary/aromatic N) is 1. The van der Waals surface area contributed by atoms with Gasteiger partial charge in [-0.15, -0.1) is 0 Å². The average molecular weight is 289 g/mol. The molecule has 100 valence electrons. The van der Waals surface area contributed by atoms with Crippen LogP contribution in [0.1, 0.15) is 10.4 Å². The van der Waals surface area contributed by atoms with Gasteiger partial charge in [-0.05, 0) is 36.4 Å². The fourth-order valence-corrected chi connectivity index (χ4v) is 1.95. The van der Waals surface area contributed by atoms with Crippen molar-refractivity contribution >= 4 is 40.4 Å². The molecule has 0 fully saturated rings. The molecular weight excluding hydrogens is 280 g/mol. The Hall–Kier alpha value is -2.53. The van der Waals surface area contributed by atoms with E-state index in [4.69, 9.17) is 21.1 Å². The Bertz CT molecular complexity index is 781. The van der Waals surface area contributed by atoms with Crippen molar-refractivity contribution in [3.8, 4) is 0 Å². The van der Waals surface area contributed by atoms with Crippen LogP contribution in [0.15, 0.2) is 46.9 Å². The third kappa shape index (κ3) is 2.31. The van der Waals surface area contributed by atoms with Crippen molar-refractivity contribution in [2.75, 3.05) is 5.32 Å². The largest absolute Gasteiger partial charge is 0.478 e. The number of carbonyl (C=O) groups is 1. The van der Waals surface area contributed by atoms with E-state index in [0.717, 1.165) is 5.69 Å². The Labute approximate surface area is 118 Å². The third-order valence-corrected chi connectivity index (χ3v) is 2.99. The Morgan fingerprint density at radius 3 is 2.65 bits per heavy atom. The van der Waals surface area contributed by atoms with Gasteiger partial charge in [0.1, 0.15) is 11.1 Å². The second kappa shape index (κ2) is 4.86. The highest BCUT2D eigenvalue weighted by molar-refractivity contribution is 6.30. The smallest absolute Gasteiger partial charge is 0.339 e. The number of aromatic nitrogens is 1. The topological polar surface area (TPSA) is 75.4 Å². The maximum absolute atomic E-state index is 11.1. The van der Waals surface area contributed by atoms with Crippen LogP contribution >= 0.6 is 11.6 Å². The minimum Gasteiger partial charge on any atom is -0.478 e. The van der Waals surface area contributed by atoms with Crippen LogP contribution in [0.4, 0.5) is 11.7 Å². The molecule has 1 heterocycles. The number of fused-ring (bicyclic) bond motifs is 1. The van der Waals surface area contributed by atoms with Crippen molar-refractivity contribution < 1.29 is 14.3 Å². The molecule has 0 unspecified atom stereocenters. The number of aromatic carboxylic acids is 1. The monoisotopic (exact) mass is 288 g/mol. The lowest BCUT2D eigenvalue weighted by Gasteiger charge is -2.00. The number of benzene rings is 2. The number of carboxylic acid groups (broad SMARTS) is 1. The van der Waals surface area contributed by atoms with E-state index in [1.54, 1.807) is 36.4 Å². The summed E-state index contributed by atoms with van der Waals surface area (Å²) < 4.78 is 5.46. The molecule has 0 atom stereocenters. The van der Waals surface area contributed by atoms with Crippen LogP contribution in [0.25, 0.3) is 11.1 Å². The number of hydrogen-bond acceptors (Lipinski definition) is 4. The lowest BCUT2D eigenvalue weighted by Crippen LogP contribution is -1.95. The predicted octanol–water partition coefficient (Wildman–Crippen LogP) is 3.92. The zero-order valence-corrected chi connectivity index (χ0v) is 10.9. The Kier molecular flexibility index (Phi) is 3.04. The number of anilines is 2. The van der Waals surface area contributed by atoms with Crippen molar-refractivity contribution in [2.24, 2.45) is 0 Å². The summed E-state index contributed by atoms with van der Waals surface area (Å²) in [6.07, 6.45) is 0. The summed E-state index contributed by atoms with van der Waals surface area (Å²) in [7, 11) is 0. The number of carboxylic acids is 1. The summed E-state index contributed by atoms with van der Waals surface area (Å²) >= 11 is 5.80. The van der Waals surface area contributed by atoms with Crippen molar-refractivity contribution in [2.45, 2.75) is 0 Å². The molecule has 2 N–H and O–H groups in total. The van der Waals surface area contributed by atoms with Crippen molar-refractivity contribution in [3.63, 3.8) is 0 Å². The van der Waals surface area contributed by atoms with Crippen LogP contribution < -0.4 is 5.32 Å². The van der Waals surface area contributed by atoms with Gasteiger partial charge in [0.25, 0.3) is 6.01 Å². The van der Waals surface area contributed by atoms with Crippen LogP contribution in [-0.2, 0) is 0 Å². The maximum Gasteiger partial charge on any atom is 0.339 e. The molecule has 1 aromatic heterocycles. The molecule has 3 rings (SSSR count). The third-order valence-electron chi connectivity index (χ3n) is 2.74. The van der Waals surface area contributed by atoms with Crippen LogP contribution in [0.5, 0.6) is 0 Å². The standard InChI is InChI=1S/C14H9ClN2O3/c15-8-4-6-9(7-5-8)16-14-17-11-3-1-2-10(13(18)19)12(11)20-14/h1-7H,(H,16,17)(H,18,19). The van der Waals surface area contributed by atoms with Crippen LogP contribution in [0.2, 0.25) is 5.02 Å². The minimum absolute atomic E-state index is 0.0826. The molecule has 0 spiro atoms. The number of oxazole rings is 1. The van der Waals surface area contributed by atoms with E-state index in [0.29, 0.717) is 10.5 Å². The number of hydrogen-bond donors (Lipinski definition) is 2. The average Bonchev–Trinajstić information content (AvgIpc) is 2.83. The SMILES string of the molecule is O=C(O)c1cccc2nc(Nc3ccc(Cl)cc3)oc12. The lowest BCUT2D eigenvalue weighted by molar-refractivity contribution is 0.0698. The molecule has 0 aliphatic rings. The van der Waals surface area contributed by atoms with Gasteiger partial charge < -0.3 is 14.8 Å². The molecule has 2 aromatic carbocycles. The van der Waals surface area contributed by atoms with Gasteiger partial charge in [0, 0.05) is 10.7 Å². The number of halogens is 1. The van der Waals surface area contributed by atoms with Crippen molar-refractivity contribution in [3.05, 3.63) is 53.1 Å². The minimum atomic E-state index is -1.05. The van der Waals surface area contributed by atoms with E-state index in [-0.39, 0.29) is 17.2 Å². The molecule has 20 heavy (non-hydrogen) atoms. The highest BCUT2D eigenvalue weighted by Crippen LogP contribution is 2.25. The van der Waals surface area contributed by atoms with Gasteiger partial charge in [0.05, 0.1) is 0 Å². The summed E-state index contributed by atoms with van der Waals surface area (Å²) in [6, 6.07) is 12.0. The van der Waals surface area contributed by atoms with Gasteiger partial charge in [-0.25, -0.2) is 4.79 Å². The Morgan fingerprint density at radius 1 is 1.20 bits per heavy atom. The Morgan fingerprint density at radius 2 is 1.95 bits per heavy atom.